The van der Waals surface area contributed by atoms with E-state index in [9.17, 15) is 14.0 Å². The molecule has 4 rings (SSSR count). The zero-order valence-electron chi connectivity index (χ0n) is 18.1. The molecular formula is C26H23FN4O2. The highest BCUT2D eigenvalue weighted by Crippen LogP contribution is 2.24. The highest BCUT2D eigenvalue weighted by atomic mass is 19.1. The summed E-state index contributed by atoms with van der Waals surface area (Å²) in [6.45, 7) is 2.19. The molecule has 0 unspecified atom stereocenters. The Labute approximate surface area is 191 Å². The van der Waals surface area contributed by atoms with Gasteiger partial charge in [0, 0.05) is 18.3 Å². The lowest BCUT2D eigenvalue weighted by Gasteiger charge is -2.07. The average Bonchev–Trinajstić information content (AvgIpc) is 3.28. The van der Waals surface area contributed by atoms with Crippen LogP contribution >= 0.6 is 0 Å². The fourth-order valence-corrected chi connectivity index (χ4v) is 3.31. The molecule has 0 fully saturated rings. The van der Waals surface area contributed by atoms with E-state index in [4.69, 9.17) is 0 Å². The summed E-state index contributed by atoms with van der Waals surface area (Å²) >= 11 is 0. The number of rotatable bonds is 7. The number of nitrogens with one attached hydrogen (secondary N) is 2. The Morgan fingerprint density at radius 3 is 2.30 bits per heavy atom. The summed E-state index contributed by atoms with van der Waals surface area (Å²) in [5.41, 5.74) is 4.22. The van der Waals surface area contributed by atoms with Crippen LogP contribution in [0.15, 0.2) is 85.1 Å². The first-order chi connectivity index (χ1) is 16.0. The van der Waals surface area contributed by atoms with Crippen LogP contribution in [-0.2, 0) is 11.3 Å². The largest absolute Gasteiger partial charge is 0.350 e. The van der Waals surface area contributed by atoms with Gasteiger partial charge in [0.2, 0.25) is 5.91 Å². The van der Waals surface area contributed by atoms with Gasteiger partial charge >= 0.3 is 0 Å². The monoisotopic (exact) mass is 442 g/mol. The smallest absolute Gasteiger partial charge is 0.255 e. The zero-order valence-corrected chi connectivity index (χ0v) is 18.1. The minimum Gasteiger partial charge on any atom is -0.350 e. The van der Waals surface area contributed by atoms with Gasteiger partial charge in [-0.2, -0.15) is 5.10 Å². The van der Waals surface area contributed by atoms with Crippen molar-refractivity contribution in [3.8, 4) is 16.9 Å². The van der Waals surface area contributed by atoms with Crippen molar-refractivity contribution < 1.29 is 14.0 Å². The van der Waals surface area contributed by atoms with Gasteiger partial charge in [-0.15, -0.1) is 0 Å². The molecule has 1 aromatic heterocycles. The molecule has 166 valence electrons. The molecule has 1 heterocycles. The average molecular weight is 442 g/mol. The fraction of sp³-hybridized carbons (Fsp3) is 0.115. The van der Waals surface area contributed by atoms with E-state index >= 15 is 0 Å². The summed E-state index contributed by atoms with van der Waals surface area (Å²) < 4.78 is 14.9. The topological polar surface area (TPSA) is 76.0 Å². The first-order valence-corrected chi connectivity index (χ1v) is 10.5. The molecule has 0 radical (unpaired) electrons. The Hall–Kier alpha value is -4.26. The van der Waals surface area contributed by atoms with Gasteiger partial charge in [-0.3, -0.25) is 9.59 Å². The van der Waals surface area contributed by atoms with Crippen LogP contribution in [0.5, 0.6) is 0 Å². The third-order valence-corrected chi connectivity index (χ3v) is 5.12. The second kappa shape index (κ2) is 9.91. The van der Waals surface area contributed by atoms with Crippen LogP contribution < -0.4 is 10.6 Å². The van der Waals surface area contributed by atoms with Gasteiger partial charge in [0.15, 0.2) is 0 Å². The molecule has 0 aliphatic heterocycles. The number of aromatic nitrogens is 2. The summed E-state index contributed by atoms with van der Waals surface area (Å²) in [7, 11) is 0. The molecule has 33 heavy (non-hydrogen) atoms. The van der Waals surface area contributed by atoms with Crippen LogP contribution in [-0.4, -0.2) is 28.1 Å². The van der Waals surface area contributed by atoms with E-state index in [0.29, 0.717) is 23.5 Å². The summed E-state index contributed by atoms with van der Waals surface area (Å²) in [4.78, 5) is 25.2. The highest BCUT2D eigenvalue weighted by Gasteiger charge is 2.19. The molecule has 2 amide bonds. The number of hydrogen-bond donors (Lipinski definition) is 2. The number of carbonyl (C=O) groups excluding carboxylic acids is 2. The van der Waals surface area contributed by atoms with Crippen molar-refractivity contribution >= 4 is 11.8 Å². The van der Waals surface area contributed by atoms with E-state index < -0.39 is 5.91 Å². The Bertz CT molecular complexity index is 1250. The number of nitrogens with zero attached hydrogens (tertiary/aromatic N) is 2. The maximum Gasteiger partial charge on any atom is 0.255 e. The number of amides is 2. The van der Waals surface area contributed by atoms with E-state index in [1.807, 2.05) is 61.5 Å². The molecule has 0 saturated carbocycles. The van der Waals surface area contributed by atoms with Crippen LogP contribution in [0.4, 0.5) is 4.39 Å². The van der Waals surface area contributed by atoms with Crippen LogP contribution in [0.3, 0.4) is 0 Å². The van der Waals surface area contributed by atoms with Gasteiger partial charge in [-0.05, 0) is 36.8 Å². The van der Waals surface area contributed by atoms with Crippen molar-refractivity contribution in [2.45, 2.75) is 13.5 Å². The number of hydrogen-bond acceptors (Lipinski definition) is 3. The lowest BCUT2D eigenvalue weighted by molar-refractivity contribution is -0.120. The standard InChI is InChI=1S/C26H23FN4O2/c1-18-7-9-20(10-8-18)25-23(17-31(30-25)22-13-11-21(27)12-14-22)26(33)29-16-24(32)28-15-19-5-3-2-4-6-19/h2-14,17H,15-16H2,1H3,(H,28,32)(H,29,33). The predicted octanol–water partition coefficient (Wildman–Crippen LogP) is 4.03. The number of halogens is 1. The first kappa shape index (κ1) is 22.0. The van der Waals surface area contributed by atoms with Crippen molar-refractivity contribution in [2.24, 2.45) is 0 Å². The van der Waals surface area contributed by atoms with Crippen LogP contribution in [0, 0.1) is 12.7 Å². The fourth-order valence-electron chi connectivity index (χ4n) is 3.31. The molecule has 4 aromatic rings. The third kappa shape index (κ3) is 5.51. The third-order valence-electron chi connectivity index (χ3n) is 5.12. The zero-order chi connectivity index (χ0) is 23.2. The van der Waals surface area contributed by atoms with Crippen LogP contribution in [0.25, 0.3) is 16.9 Å². The Kier molecular flexibility index (Phi) is 6.59. The van der Waals surface area contributed by atoms with Crippen molar-refractivity contribution in [3.05, 3.63) is 108 Å². The first-order valence-electron chi connectivity index (χ1n) is 10.5. The SMILES string of the molecule is Cc1ccc(-c2nn(-c3ccc(F)cc3)cc2C(=O)NCC(=O)NCc2ccccc2)cc1. The number of aryl methyl sites for hydroxylation is 1. The van der Waals surface area contributed by atoms with Gasteiger partial charge in [-0.25, -0.2) is 9.07 Å². The number of benzene rings is 3. The molecule has 0 bridgehead atoms. The quantitative estimate of drug-likeness (QED) is 0.454. The minimum absolute atomic E-state index is 0.166. The van der Waals surface area contributed by atoms with Gasteiger partial charge in [-0.1, -0.05) is 60.2 Å². The van der Waals surface area contributed by atoms with E-state index in [2.05, 4.69) is 15.7 Å². The molecule has 7 heteroatoms. The summed E-state index contributed by atoms with van der Waals surface area (Å²) in [5.74, 6) is -1.08. The molecule has 3 aromatic carbocycles. The second-order valence-electron chi connectivity index (χ2n) is 7.62. The molecule has 0 spiro atoms. The molecule has 0 saturated heterocycles. The minimum atomic E-state index is -0.422. The van der Waals surface area contributed by atoms with Crippen molar-refractivity contribution in [2.75, 3.05) is 6.54 Å². The Morgan fingerprint density at radius 2 is 1.61 bits per heavy atom. The highest BCUT2D eigenvalue weighted by molar-refractivity contribution is 6.01. The van der Waals surface area contributed by atoms with Gasteiger partial charge < -0.3 is 10.6 Å². The van der Waals surface area contributed by atoms with Crippen LogP contribution in [0.1, 0.15) is 21.5 Å². The molecule has 0 aliphatic rings. The molecular weight excluding hydrogens is 419 g/mol. The Morgan fingerprint density at radius 1 is 0.909 bits per heavy atom. The summed E-state index contributed by atoms with van der Waals surface area (Å²) in [6.07, 6.45) is 1.58. The Balaban J connectivity index is 1.52. The normalized spacial score (nSPS) is 10.6. The molecule has 6 nitrogen and oxygen atoms in total. The van der Waals surface area contributed by atoms with Gasteiger partial charge in [0.25, 0.3) is 5.91 Å². The summed E-state index contributed by atoms with van der Waals surface area (Å²) in [6, 6.07) is 23.0. The van der Waals surface area contributed by atoms with E-state index in [1.165, 1.54) is 16.8 Å². The van der Waals surface area contributed by atoms with Gasteiger partial charge in [0.05, 0.1) is 17.8 Å². The molecule has 0 aliphatic carbocycles. The maximum atomic E-state index is 13.3. The van der Waals surface area contributed by atoms with E-state index in [-0.39, 0.29) is 18.3 Å². The van der Waals surface area contributed by atoms with E-state index in [0.717, 1.165) is 16.7 Å². The van der Waals surface area contributed by atoms with E-state index in [1.54, 1.807) is 18.3 Å². The van der Waals surface area contributed by atoms with Crippen LogP contribution in [0.2, 0.25) is 0 Å². The van der Waals surface area contributed by atoms with Crippen molar-refractivity contribution in [1.82, 2.24) is 20.4 Å². The predicted molar refractivity (Wildman–Crippen MR) is 124 cm³/mol. The van der Waals surface area contributed by atoms with Crippen molar-refractivity contribution in [3.63, 3.8) is 0 Å². The molecule has 2 N–H and O–H groups in total. The number of carbonyl (C=O) groups is 2. The van der Waals surface area contributed by atoms with Crippen molar-refractivity contribution in [1.29, 1.82) is 0 Å². The maximum absolute atomic E-state index is 13.3. The lowest BCUT2D eigenvalue weighted by Crippen LogP contribution is -2.36. The summed E-state index contributed by atoms with van der Waals surface area (Å²) in [5, 5.41) is 10.0. The lowest BCUT2D eigenvalue weighted by atomic mass is 10.1. The van der Waals surface area contributed by atoms with Gasteiger partial charge in [0.1, 0.15) is 11.5 Å². The second-order valence-corrected chi connectivity index (χ2v) is 7.62. The molecule has 0 atom stereocenters.